The lowest BCUT2D eigenvalue weighted by Crippen LogP contribution is -2.57. The van der Waals surface area contributed by atoms with Gasteiger partial charge in [0.2, 0.25) is 0 Å². The van der Waals surface area contributed by atoms with Gasteiger partial charge in [-0.3, -0.25) is 24.8 Å². The minimum atomic E-state index is -0.604. The number of carbonyl (C=O) groups excluding carboxylic acids is 3. The zero-order chi connectivity index (χ0) is 16.4. The van der Waals surface area contributed by atoms with Crippen molar-refractivity contribution in [2.24, 2.45) is 10.9 Å². The third-order valence-corrected chi connectivity index (χ3v) is 3.46. The van der Waals surface area contributed by atoms with Gasteiger partial charge in [0.05, 0.1) is 5.69 Å². The molecule has 0 aliphatic carbocycles. The van der Waals surface area contributed by atoms with E-state index >= 15 is 0 Å². The van der Waals surface area contributed by atoms with E-state index in [2.05, 4.69) is 10.4 Å². The highest BCUT2D eigenvalue weighted by atomic mass is 16.2. The van der Waals surface area contributed by atoms with Gasteiger partial charge in [0.15, 0.2) is 17.4 Å². The highest BCUT2D eigenvalue weighted by Gasteiger charge is 2.34. The van der Waals surface area contributed by atoms with Gasteiger partial charge in [-0.2, -0.15) is 0 Å². The fourth-order valence-electron chi connectivity index (χ4n) is 2.16. The molecule has 116 valence electrons. The van der Waals surface area contributed by atoms with Gasteiger partial charge in [0.25, 0.3) is 5.91 Å². The van der Waals surface area contributed by atoms with Crippen molar-refractivity contribution in [2.75, 3.05) is 5.01 Å². The van der Waals surface area contributed by atoms with Crippen LogP contribution in [0.1, 0.15) is 38.1 Å². The number of benzene rings is 1. The van der Waals surface area contributed by atoms with Crippen LogP contribution in [0.4, 0.5) is 5.69 Å². The Kier molecular flexibility index (Phi) is 4.40. The number of nitrogens with one attached hydrogen (secondary N) is 1. The van der Waals surface area contributed by atoms with Crippen molar-refractivity contribution in [3.63, 3.8) is 0 Å². The summed E-state index contributed by atoms with van der Waals surface area (Å²) in [7, 11) is 0. The first-order valence-electron chi connectivity index (χ1n) is 7.11. The monoisotopic (exact) mass is 301 g/mol. The van der Waals surface area contributed by atoms with Gasteiger partial charge in [-0.1, -0.05) is 13.8 Å². The van der Waals surface area contributed by atoms with Crippen LogP contribution in [0.5, 0.6) is 0 Å². The average molecular weight is 301 g/mol. The summed E-state index contributed by atoms with van der Waals surface area (Å²) in [4.78, 5) is 39.7. The van der Waals surface area contributed by atoms with Crippen molar-refractivity contribution in [1.29, 1.82) is 0 Å². The maximum absolute atomic E-state index is 12.5. The average Bonchev–Trinajstić information content (AvgIpc) is 2.47. The Bertz CT molecular complexity index is 647. The van der Waals surface area contributed by atoms with E-state index in [0.717, 1.165) is 0 Å². The Balaban J connectivity index is 2.37. The van der Waals surface area contributed by atoms with Gasteiger partial charge in [0.1, 0.15) is 6.04 Å². The van der Waals surface area contributed by atoms with E-state index in [1.807, 2.05) is 13.8 Å². The van der Waals surface area contributed by atoms with Gasteiger partial charge in [-0.05, 0) is 37.1 Å². The lowest BCUT2D eigenvalue weighted by Gasteiger charge is -2.33. The van der Waals surface area contributed by atoms with E-state index in [1.165, 1.54) is 18.9 Å². The first kappa shape index (κ1) is 15.9. The number of aliphatic imine (C=N–C) groups is 1. The van der Waals surface area contributed by atoms with Crippen LogP contribution in [-0.4, -0.2) is 29.4 Å². The quantitative estimate of drug-likeness (QED) is 0.859. The molecule has 1 unspecified atom stereocenters. The largest absolute Gasteiger partial charge is 0.295 e. The van der Waals surface area contributed by atoms with Crippen LogP contribution in [0, 0.1) is 5.92 Å². The maximum atomic E-state index is 12.5. The fourth-order valence-corrected chi connectivity index (χ4v) is 2.16. The van der Waals surface area contributed by atoms with Crippen LogP contribution in [0.3, 0.4) is 0 Å². The summed E-state index contributed by atoms with van der Waals surface area (Å²) >= 11 is 0. The minimum absolute atomic E-state index is 0.0251. The first-order valence-corrected chi connectivity index (χ1v) is 7.11. The zero-order valence-electron chi connectivity index (χ0n) is 13.1. The Morgan fingerprint density at radius 1 is 1.14 bits per heavy atom. The van der Waals surface area contributed by atoms with Crippen molar-refractivity contribution < 1.29 is 14.4 Å². The third-order valence-electron chi connectivity index (χ3n) is 3.46. The summed E-state index contributed by atoms with van der Waals surface area (Å²) in [5, 5.41) is 1.32. The summed E-state index contributed by atoms with van der Waals surface area (Å²) < 4.78 is 0. The van der Waals surface area contributed by atoms with Crippen LogP contribution in [0.25, 0.3) is 0 Å². The number of rotatable bonds is 4. The molecule has 1 atom stereocenters. The van der Waals surface area contributed by atoms with Gasteiger partial charge in [-0.25, -0.2) is 5.01 Å². The minimum Gasteiger partial charge on any atom is -0.295 e. The molecule has 1 amide bonds. The lowest BCUT2D eigenvalue weighted by atomic mass is 10.0. The van der Waals surface area contributed by atoms with Crippen LogP contribution in [0.2, 0.25) is 0 Å². The molecule has 1 aromatic rings. The summed E-state index contributed by atoms with van der Waals surface area (Å²) in [6.07, 6.45) is 0. The predicted molar refractivity (Wildman–Crippen MR) is 83.8 cm³/mol. The Hall–Kier alpha value is -2.50. The molecule has 0 bridgehead atoms. The van der Waals surface area contributed by atoms with E-state index in [4.69, 9.17) is 0 Å². The molecule has 0 fully saturated rings. The second-order valence-corrected chi connectivity index (χ2v) is 5.61. The van der Waals surface area contributed by atoms with Crippen molar-refractivity contribution in [2.45, 2.75) is 33.7 Å². The standard InChI is InChI=1S/C16H19N3O3/c1-9(2)14-16(22)19(18-15(17-14)11(4)21)13-7-5-12(6-8-13)10(3)20/h5-9,14H,1-4H3,(H,17,18). The zero-order valence-corrected chi connectivity index (χ0v) is 13.1. The summed E-state index contributed by atoms with van der Waals surface area (Å²) in [6, 6.07) is 6.03. The molecule has 0 spiro atoms. The van der Waals surface area contributed by atoms with E-state index in [1.54, 1.807) is 24.3 Å². The summed E-state index contributed by atoms with van der Waals surface area (Å²) in [5.74, 6) is -0.369. The SMILES string of the molecule is CC(=O)C1=NC(C(C)C)C(=O)N(c2ccc(C(C)=O)cc2)N1. The molecule has 0 radical (unpaired) electrons. The third kappa shape index (κ3) is 3.05. The molecule has 1 aliphatic rings. The number of hydrogen-bond donors (Lipinski definition) is 1. The number of amides is 1. The molecule has 1 aliphatic heterocycles. The number of carbonyl (C=O) groups is 3. The number of nitrogens with zero attached hydrogens (tertiary/aromatic N) is 2. The fraction of sp³-hybridized carbons (Fsp3) is 0.375. The van der Waals surface area contributed by atoms with E-state index in [0.29, 0.717) is 11.3 Å². The molecule has 1 N–H and O–H groups in total. The van der Waals surface area contributed by atoms with Crippen molar-refractivity contribution in [3.05, 3.63) is 29.8 Å². The van der Waals surface area contributed by atoms with E-state index < -0.39 is 6.04 Å². The van der Waals surface area contributed by atoms with Crippen LogP contribution in [-0.2, 0) is 9.59 Å². The molecule has 6 nitrogen and oxygen atoms in total. The Morgan fingerprint density at radius 2 is 1.73 bits per heavy atom. The van der Waals surface area contributed by atoms with E-state index in [9.17, 15) is 14.4 Å². The number of amidine groups is 1. The Labute approximate surface area is 129 Å². The van der Waals surface area contributed by atoms with Crippen LogP contribution < -0.4 is 10.4 Å². The highest BCUT2D eigenvalue weighted by Crippen LogP contribution is 2.21. The van der Waals surface area contributed by atoms with Crippen molar-refractivity contribution in [3.8, 4) is 0 Å². The van der Waals surface area contributed by atoms with Crippen LogP contribution in [0.15, 0.2) is 29.3 Å². The molecular weight excluding hydrogens is 282 g/mol. The number of hydrazine groups is 1. The second-order valence-electron chi connectivity index (χ2n) is 5.61. The van der Waals surface area contributed by atoms with E-state index in [-0.39, 0.29) is 29.2 Å². The molecule has 22 heavy (non-hydrogen) atoms. The molecule has 2 rings (SSSR count). The first-order chi connectivity index (χ1) is 10.3. The van der Waals surface area contributed by atoms with Crippen molar-refractivity contribution in [1.82, 2.24) is 5.43 Å². The molecule has 0 saturated heterocycles. The van der Waals surface area contributed by atoms with Gasteiger partial charge in [-0.15, -0.1) is 0 Å². The van der Waals surface area contributed by atoms with Crippen LogP contribution >= 0.6 is 0 Å². The second kappa shape index (κ2) is 6.09. The lowest BCUT2D eigenvalue weighted by molar-refractivity contribution is -0.121. The molecule has 1 heterocycles. The number of anilines is 1. The molecular formula is C16H19N3O3. The molecule has 1 aromatic carbocycles. The topological polar surface area (TPSA) is 78.8 Å². The summed E-state index contributed by atoms with van der Waals surface area (Å²) in [6.45, 7) is 6.64. The van der Waals surface area contributed by atoms with Gasteiger partial charge < -0.3 is 0 Å². The smallest absolute Gasteiger partial charge is 0.270 e. The maximum Gasteiger partial charge on any atom is 0.270 e. The summed E-state index contributed by atoms with van der Waals surface area (Å²) in [5.41, 5.74) is 3.88. The predicted octanol–water partition coefficient (Wildman–Crippen LogP) is 1.75. The van der Waals surface area contributed by atoms with Gasteiger partial charge in [0, 0.05) is 12.5 Å². The Morgan fingerprint density at radius 3 is 2.18 bits per heavy atom. The normalized spacial score (nSPS) is 18.0. The number of Topliss-reactive ketones (excluding diaryl/α,β-unsaturated/α-hetero) is 2. The molecule has 0 saturated carbocycles. The van der Waals surface area contributed by atoms with Crippen molar-refractivity contribution >= 4 is 29.0 Å². The van der Waals surface area contributed by atoms with Gasteiger partial charge >= 0.3 is 0 Å². The number of ketones is 2. The highest BCUT2D eigenvalue weighted by molar-refractivity contribution is 6.39. The molecule has 0 aromatic heterocycles. The molecule has 6 heteroatoms. The number of hydrogen-bond acceptors (Lipinski definition) is 5.